The van der Waals surface area contributed by atoms with Crippen LogP contribution in [0.25, 0.3) is 0 Å². The highest BCUT2D eigenvalue weighted by Gasteiger charge is 2.20. The van der Waals surface area contributed by atoms with Crippen molar-refractivity contribution in [2.75, 3.05) is 31.5 Å². The summed E-state index contributed by atoms with van der Waals surface area (Å²) in [6.45, 7) is 11.1. The molecule has 0 aliphatic rings. The van der Waals surface area contributed by atoms with E-state index in [2.05, 4.69) is 44.0 Å². The lowest BCUT2D eigenvalue weighted by atomic mass is 9.93. The molecule has 0 atom stereocenters. The van der Waals surface area contributed by atoms with Gasteiger partial charge in [-0.1, -0.05) is 39.8 Å². The Balaban J connectivity index is 2.58. The lowest BCUT2D eigenvalue weighted by Crippen LogP contribution is -2.42. The van der Waals surface area contributed by atoms with Crippen molar-refractivity contribution in [1.29, 1.82) is 0 Å². The minimum absolute atomic E-state index is 0.0259. The molecule has 118 valence electrons. The number of rotatable bonds is 8. The van der Waals surface area contributed by atoms with Gasteiger partial charge in [0.15, 0.2) is 0 Å². The number of amides is 1. The average molecular weight is 291 g/mol. The zero-order valence-corrected chi connectivity index (χ0v) is 13.8. The lowest BCUT2D eigenvalue weighted by molar-refractivity contribution is -0.117. The number of carbonyl (C=O) groups excluding carboxylic acids is 1. The van der Waals surface area contributed by atoms with Crippen molar-refractivity contribution >= 4 is 11.6 Å². The average Bonchev–Trinajstić information content (AvgIpc) is 2.46. The largest absolute Gasteiger partial charge is 0.330 e. The van der Waals surface area contributed by atoms with Crippen molar-refractivity contribution in [2.24, 2.45) is 11.1 Å². The topological polar surface area (TPSA) is 58.4 Å². The van der Waals surface area contributed by atoms with Crippen LogP contribution in [0.2, 0.25) is 0 Å². The molecule has 3 N–H and O–H groups in total. The monoisotopic (exact) mass is 291 g/mol. The van der Waals surface area contributed by atoms with Crippen LogP contribution in [0.1, 0.15) is 33.3 Å². The summed E-state index contributed by atoms with van der Waals surface area (Å²) in [5, 5.41) is 2.97. The number of nitrogens with two attached hydrogens (primary N) is 1. The van der Waals surface area contributed by atoms with Crippen LogP contribution in [0, 0.1) is 5.41 Å². The Kier molecular flexibility index (Phi) is 6.85. The Morgan fingerprint density at radius 3 is 2.62 bits per heavy atom. The molecule has 0 fully saturated rings. The number of benzene rings is 1. The van der Waals surface area contributed by atoms with E-state index in [-0.39, 0.29) is 11.3 Å². The van der Waals surface area contributed by atoms with Crippen LogP contribution in [0.4, 0.5) is 5.69 Å². The fourth-order valence-electron chi connectivity index (χ4n) is 2.22. The predicted octanol–water partition coefficient (Wildman–Crippen LogP) is 2.49. The summed E-state index contributed by atoms with van der Waals surface area (Å²) in [6.07, 6.45) is 0.968. The summed E-state index contributed by atoms with van der Waals surface area (Å²) in [7, 11) is 0. The zero-order valence-electron chi connectivity index (χ0n) is 13.8. The van der Waals surface area contributed by atoms with E-state index in [0.717, 1.165) is 25.2 Å². The fraction of sp³-hybridized carbons (Fsp3) is 0.588. The molecule has 1 aromatic rings. The molecule has 1 amide bonds. The van der Waals surface area contributed by atoms with Crippen LogP contribution in [-0.4, -0.2) is 37.0 Å². The smallest absolute Gasteiger partial charge is 0.238 e. The third kappa shape index (κ3) is 6.27. The molecular formula is C17H29N3O. The van der Waals surface area contributed by atoms with E-state index in [9.17, 15) is 4.79 Å². The first-order valence-electron chi connectivity index (χ1n) is 7.71. The number of carbonyl (C=O) groups is 1. The van der Waals surface area contributed by atoms with E-state index in [1.807, 2.05) is 18.2 Å². The highest BCUT2D eigenvalue weighted by Crippen LogP contribution is 2.15. The van der Waals surface area contributed by atoms with Gasteiger partial charge in [-0.05, 0) is 42.6 Å². The maximum Gasteiger partial charge on any atom is 0.238 e. The SMILES string of the molecule is CCc1cccc(NC(=O)CN(CC)CC(C)(C)CN)c1. The van der Waals surface area contributed by atoms with Crippen LogP contribution in [0.3, 0.4) is 0 Å². The Hall–Kier alpha value is -1.39. The summed E-state index contributed by atoms with van der Waals surface area (Å²) in [6, 6.07) is 8.00. The van der Waals surface area contributed by atoms with Crippen molar-refractivity contribution in [3.63, 3.8) is 0 Å². The molecule has 0 unspecified atom stereocenters. The molecule has 0 aliphatic carbocycles. The van der Waals surface area contributed by atoms with Crippen LogP contribution >= 0.6 is 0 Å². The van der Waals surface area contributed by atoms with E-state index in [0.29, 0.717) is 13.1 Å². The normalized spacial score (nSPS) is 11.7. The molecule has 0 aromatic heterocycles. The molecule has 0 saturated carbocycles. The maximum absolute atomic E-state index is 12.2. The van der Waals surface area contributed by atoms with Crippen LogP contribution in [0.5, 0.6) is 0 Å². The van der Waals surface area contributed by atoms with Gasteiger partial charge in [0.05, 0.1) is 6.54 Å². The predicted molar refractivity (Wildman–Crippen MR) is 89.4 cm³/mol. The first kappa shape index (κ1) is 17.7. The van der Waals surface area contributed by atoms with Crippen molar-refractivity contribution in [3.8, 4) is 0 Å². The maximum atomic E-state index is 12.2. The number of hydrogen-bond acceptors (Lipinski definition) is 3. The van der Waals surface area contributed by atoms with Crippen molar-refractivity contribution in [2.45, 2.75) is 34.1 Å². The van der Waals surface area contributed by atoms with Gasteiger partial charge in [-0.2, -0.15) is 0 Å². The summed E-state index contributed by atoms with van der Waals surface area (Å²) >= 11 is 0. The molecule has 0 heterocycles. The number of likely N-dealkylation sites (N-methyl/N-ethyl adjacent to an activating group) is 1. The number of aryl methyl sites for hydroxylation is 1. The third-order valence-electron chi connectivity index (χ3n) is 3.64. The highest BCUT2D eigenvalue weighted by molar-refractivity contribution is 5.92. The number of nitrogens with one attached hydrogen (secondary N) is 1. The first-order valence-corrected chi connectivity index (χ1v) is 7.71. The van der Waals surface area contributed by atoms with Crippen LogP contribution < -0.4 is 11.1 Å². The Labute approximate surface area is 128 Å². The molecule has 0 spiro atoms. The molecule has 0 saturated heterocycles. The van der Waals surface area contributed by atoms with Gasteiger partial charge in [-0.15, -0.1) is 0 Å². The second-order valence-corrected chi connectivity index (χ2v) is 6.27. The molecule has 1 aromatic carbocycles. The Bertz CT molecular complexity index is 457. The van der Waals surface area contributed by atoms with Gasteiger partial charge in [0.25, 0.3) is 0 Å². The van der Waals surface area contributed by atoms with E-state index in [4.69, 9.17) is 5.73 Å². The molecule has 0 bridgehead atoms. The lowest BCUT2D eigenvalue weighted by Gasteiger charge is -2.30. The minimum atomic E-state index is 0.0259. The number of anilines is 1. The summed E-state index contributed by atoms with van der Waals surface area (Å²) in [4.78, 5) is 14.3. The zero-order chi connectivity index (χ0) is 15.9. The Morgan fingerprint density at radius 2 is 2.05 bits per heavy atom. The van der Waals surface area contributed by atoms with E-state index in [1.54, 1.807) is 0 Å². The van der Waals surface area contributed by atoms with Gasteiger partial charge in [-0.25, -0.2) is 0 Å². The van der Waals surface area contributed by atoms with E-state index >= 15 is 0 Å². The van der Waals surface area contributed by atoms with Gasteiger partial charge < -0.3 is 11.1 Å². The molecule has 0 radical (unpaired) electrons. The number of hydrogen-bond donors (Lipinski definition) is 2. The summed E-state index contributed by atoms with van der Waals surface area (Å²) in [5.74, 6) is 0.0259. The molecule has 21 heavy (non-hydrogen) atoms. The standard InChI is InChI=1S/C17H29N3O/c1-5-14-8-7-9-15(10-14)19-16(21)11-20(6-2)13-17(3,4)12-18/h7-10H,5-6,11-13,18H2,1-4H3,(H,19,21). The Morgan fingerprint density at radius 1 is 1.33 bits per heavy atom. The molecule has 0 aliphatic heterocycles. The molecule has 4 heteroatoms. The van der Waals surface area contributed by atoms with Gasteiger partial charge in [0.1, 0.15) is 0 Å². The van der Waals surface area contributed by atoms with Crippen LogP contribution in [-0.2, 0) is 11.2 Å². The van der Waals surface area contributed by atoms with Crippen LogP contribution in [0.15, 0.2) is 24.3 Å². The minimum Gasteiger partial charge on any atom is -0.330 e. The fourth-order valence-corrected chi connectivity index (χ4v) is 2.22. The summed E-state index contributed by atoms with van der Waals surface area (Å²) in [5.41, 5.74) is 7.89. The third-order valence-corrected chi connectivity index (χ3v) is 3.64. The van der Waals surface area contributed by atoms with Gasteiger partial charge >= 0.3 is 0 Å². The van der Waals surface area contributed by atoms with Gasteiger partial charge in [0.2, 0.25) is 5.91 Å². The number of nitrogens with zero attached hydrogens (tertiary/aromatic N) is 1. The van der Waals surface area contributed by atoms with Crippen molar-refractivity contribution in [1.82, 2.24) is 4.90 Å². The van der Waals surface area contributed by atoms with E-state index in [1.165, 1.54) is 5.56 Å². The van der Waals surface area contributed by atoms with Gasteiger partial charge in [0, 0.05) is 12.2 Å². The quantitative estimate of drug-likeness (QED) is 0.773. The van der Waals surface area contributed by atoms with Crippen molar-refractivity contribution in [3.05, 3.63) is 29.8 Å². The highest BCUT2D eigenvalue weighted by atomic mass is 16.2. The van der Waals surface area contributed by atoms with Gasteiger partial charge in [-0.3, -0.25) is 9.69 Å². The van der Waals surface area contributed by atoms with E-state index < -0.39 is 0 Å². The summed E-state index contributed by atoms with van der Waals surface area (Å²) < 4.78 is 0. The molecule has 1 rings (SSSR count). The molecule has 4 nitrogen and oxygen atoms in total. The van der Waals surface area contributed by atoms with Crippen molar-refractivity contribution < 1.29 is 4.79 Å². The second kappa shape index (κ2) is 8.15. The first-order chi connectivity index (χ1) is 9.90. The second-order valence-electron chi connectivity index (χ2n) is 6.27. The molecular weight excluding hydrogens is 262 g/mol.